The Morgan fingerprint density at radius 2 is 2.19 bits per heavy atom. The quantitative estimate of drug-likeness (QED) is 0.851. The first-order valence-corrected chi connectivity index (χ1v) is 8.20. The van der Waals surface area contributed by atoms with Gasteiger partial charge in [0, 0.05) is 30.7 Å². The maximum absolute atomic E-state index is 12.7. The van der Waals surface area contributed by atoms with Crippen LogP contribution in [0.2, 0.25) is 0 Å². The van der Waals surface area contributed by atoms with Crippen LogP contribution in [0, 0.1) is 18.8 Å². The molecule has 3 fully saturated rings. The fraction of sp³-hybridized carbons (Fsp3) is 0.611. The van der Waals surface area contributed by atoms with Crippen molar-refractivity contribution in [1.29, 1.82) is 0 Å². The Labute approximate surface area is 126 Å². The van der Waals surface area contributed by atoms with Gasteiger partial charge in [0.05, 0.1) is 6.10 Å². The largest absolute Gasteiger partial charge is 0.377 e. The molecule has 3 heteroatoms. The first-order valence-electron chi connectivity index (χ1n) is 8.20. The van der Waals surface area contributed by atoms with Gasteiger partial charge >= 0.3 is 0 Å². The van der Waals surface area contributed by atoms with Crippen LogP contribution in [0.25, 0.3) is 0 Å². The number of likely N-dealkylation sites (tertiary alicyclic amines) is 1. The van der Waals surface area contributed by atoms with Crippen LogP contribution in [0.4, 0.5) is 0 Å². The second-order valence-electron chi connectivity index (χ2n) is 7.03. The number of hydrogen-bond donors (Lipinski definition) is 0. The summed E-state index contributed by atoms with van der Waals surface area (Å²) >= 11 is 0. The lowest BCUT2D eigenvalue weighted by Crippen LogP contribution is -2.42. The molecule has 3 unspecified atom stereocenters. The first-order chi connectivity index (χ1) is 10.2. The highest BCUT2D eigenvalue weighted by Crippen LogP contribution is 2.41. The predicted octanol–water partition coefficient (Wildman–Crippen LogP) is 3.02. The molecule has 112 valence electrons. The summed E-state index contributed by atoms with van der Waals surface area (Å²) in [6.45, 7) is 3.86. The van der Waals surface area contributed by atoms with E-state index < -0.39 is 0 Å². The zero-order valence-corrected chi connectivity index (χ0v) is 12.6. The van der Waals surface area contributed by atoms with Gasteiger partial charge in [-0.3, -0.25) is 4.79 Å². The van der Waals surface area contributed by atoms with E-state index in [9.17, 15) is 4.79 Å². The molecule has 2 saturated carbocycles. The summed E-state index contributed by atoms with van der Waals surface area (Å²) in [6.07, 6.45) is 5.26. The van der Waals surface area contributed by atoms with Crippen molar-refractivity contribution >= 4 is 5.91 Å². The zero-order valence-electron chi connectivity index (χ0n) is 12.6. The topological polar surface area (TPSA) is 29.5 Å². The zero-order chi connectivity index (χ0) is 14.4. The number of carbonyl (C=O) groups is 1. The van der Waals surface area contributed by atoms with Gasteiger partial charge in [-0.25, -0.2) is 0 Å². The standard InChI is InChI=1S/C18H23NO2/c1-12-3-2-4-14(7-12)18(20)19-10-15-8-16(19)9-17(15)21-11-13-5-6-13/h2-4,7,13,15-17H,5-6,8-11H2,1H3. The molecule has 4 rings (SSSR count). The summed E-state index contributed by atoms with van der Waals surface area (Å²) in [4.78, 5) is 14.7. The number of benzene rings is 1. The molecule has 2 aliphatic carbocycles. The third-order valence-corrected chi connectivity index (χ3v) is 5.25. The predicted molar refractivity (Wildman–Crippen MR) is 81.2 cm³/mol. The number of amides is 1. The summed E-state index contributed by atoms with van der Waals surface area (Å²) in [5.41, 5.74) is 1.98. The minimum absolute atomic E-state index is 0.201. The van der Waals surface area contributed by atoms with Gasteiger partial charge in [-0.1, -0.05) is 17.7 Å². The number of aryl methyl sites for hydroxylation is 1. The molecule has 1 heterocycles. The number of nitrogens with zero attached hydrogens (tertiary/aromatic N) is 1. The van der Waals surface area contributed by atoms with E-state index in [0.717, 1.165) is 43.0 Å². The van der Waals surface area contributed by atoms with Crippen molar-refractivity contribution in [2.24, 2.45) is 11.8 Å². The van der Waals surface area contributed by atoms with E-state index in [1.54, 1.807) is 0 Å². The molecule has 1 amide bonds. The van der Waals surface area contributed by atoms with Gasteiger partial charge in [-0.2, -0.15) is 0 Å². The Kier molecular flexibility index (Phi) is 3.26. The molecule has 3 nitrogen and oxygen atoms in total. The molecule has 2 bridgehead atoms. The van der Waals surface area contributed by atoms with Crippen molar-refractivity contribution in [3.63, 3.8) is 0 Å². The second-order valence-corrected chi connectivity index (χ2v) is 7.03. The Hall–Kier alpha value is -1.35. The summed E-state index contributed by atoms with van der Waals surface area (Å²) in [7, 11) is 0. The van der Waals surface area contributed by atoms with Crippen molar-refractivity contribution in [3.05, 3.63) is 35.4 Å². The van der Waals surface area contributed by atoms with E-state index in [0.29, 0.717) is 18.1 Å². The Morgan fingerprint density at radius 1 is 1.33 bits per heavy atom. The smallest absolute Gasteiger partial charge is 0.254 e. The SMILES string of the molecule is Cc1cccc(C(=O)N2CC3CC2CC3OCC2CC2)c1. The van der Waals surface area contributed by atoms with Gasteiger partial charge in [-0.05, 0) is 50.7 Å². The summed E-state index contributed by atoms with van der Waals surface area (Å²) < 4.78 is 6.08. The molecular formula is C18H23NO2. The third-order valence-electron chi connectivity index (χ3n) is 5.25. The molecule has 0 aromatic heterocycles. The van der Waals surface area contributed by atoms with Gasteiger partial charge in [0.1, 0.15) is 0 Å². The van der Waals surface area contributed by atoms with Crippen LogP contribution in [0.5, 0.6) is 0 Å². The monoisotopic (exact) mass is 285 g/mol. The van der Waals surface area contributed by atoms with E-state index >= 15 is 0 Å². The van der Waals surface area contributed by atoms with E-state index in [4.69, 9.17) is 4.74 Å². The lowest BCUT2D eigenvalue weighted by molar-refractivity contribution is -0.00315. The first kappa shape index (κ1) is 13.3. The molecular weight excluding hydrogens is 262 g/mol. The van der Waals surface area contributed by atoms with Crippen molar-refractivity contribution in [3.8, 4) is 0 Å². The Balaban J connectivity index is 1.39. The van der Waals surface area contributed by atoms with Crippen LogP contribution >= 0.6 is 0 Å². The van der Waals surface area contributed by atoms with Gasteiger partial charge in [-0.15, -0.1) is 0 Å². The molecule has 0 N–H and O–H groups in total. The van der Waals surface area contributed by atoms with E-state index in [-0.39, 0.29) is 5.91 Å². The van der Waals surface area contributed by atoms with Crippen molar-refractivity contribution in [2.45, 2.75) is 44.8 Å². The number of carbonyl (C=O) groups excluding carboxylic acids is 1. The normalized spacial score (nSPS) is 30.9. The average molecular weight is 285 g/mol. The summed E-state index contributed by atoms with van der Waals surface area (Å²) in [5.74, 6) is 1.59. The molecule has 1 aromatic carbocycles. The van der Waals surface area contributed by atoms with E-state index in [2.05, 4.69) is 4.90 Å². The van der Waals surface area contributed by atoms with E-state index in [1.165, 1.54) is 12.8 Å². The lowest BCUT2D eigenvalue weighted by atomic mass is 10.0. The number of fused-ring (bicyclic) bond motifs is 2. The minimum atomic E-state index is 0.201. The van der Waals surface area contributed by atoms with Gasteiger partial charge in [0.2, 0.25) is 0 Å². The van der Waals surface area contributed by atoms with Crippen LogP contribution < -0.4 is 0 Å². The molecule has 3 aliphatic rings. The number of hydrogen-bond acceptors (Lipinski definition) is 2. The highest BCUT2D eigenvalue weighted by molar-refractivity contribution is 5.94. The molecule has 0 radical (unpaired) electrons. The highest BCUT2D eigenvalue weighted by atomic mass is 16.5. The molecule has 1 aliphatic heterocycles. The highest BCUT2D eigenvalue weighted by Gasteiger charge is 2.47. The third kappa shape index (κ3) is 2.59. The molecule has 0 spiro atoms. The molecule has 3 atom stereocenters. The molecule has 1 aromatic rings. The Morgan fingerprint density at radius 3 is 2.86 bits per heavy atom. The number of ether oxygens (including phenoxy) is 1. The minimum Gasteiger partial charge on any atom is -0.377 e. The van der Waals surface area contributed by atoms with Crippen molar-refractivity contribution in [1.82, 2.24) is 4.90 Å². The molecule has 21 heavy (non-hydrogen) atoms. The van der Waals surface area contributed by atoms with Gasteiger partial charge in [0.15, 0.2) is 0 Å². The van der Waals surface area contributed by atoms with Gasteiger partial charge < -0.3 is 9.64 Å². The average Bonchev–Trinajstić information content (AvgIpc) is 3.11. The lowest BCUT2D eigenvalue weighted by Gasteiger charge is -2.31. The van der Waals surface area contributed by atoms with Gasteiger partial charge in [0.25, 0.3) is 5.91 Å². The van der Waals surface area contributed by atoms with Crippen LogP contribution in [0.15, 0.2) is 24.3 Å². The fourth-order valence-electron chi connectivity index (χ4n) is 3.85. The van der Waals surface area contributed by atoms with E-state index in [1.807, 2.05) is 31.2 Å². The van der Waals surface area contributed by atoms with Crippen LogP contribution in [0.1, 0.15) is 41.6 Å². The summed E-state index contributed by atoms with van der Waals surface area (Å²) in [6, 6.07) is 8.33. The van der Waals surface area contributed by atoms with Crippen LogP contribution in [-0.4, -0.2) is 36.1 Å². The fourth-order valence-corrected chi connectivity index (χ4v) is 3.85. The summed E-state index contributed by atoms with van der Waals surface area (Å²) in [5, 5.41) is 0. The number of piperidine rings is 1. The maximum atomic E-state index is 12.7. The van der Waals surface area contributed by atoms with Crippen LogP contribution in [0.3, 0.4) is 0 Å². The van der Waals surface area contributed by atoms with Crippen LogP contribution in [-0.2, 0) is 4.74 Å². The molecule has 1 saturated heterocycles. The number of rotatable bonds is 4. The van der Waals surface area contributed by atoms with Crippen molar-refractivity contribution in [2.75, 3.05) is 13.2 Å². The second kappa shape index (κ2) is 5.13. The van der Waals surface area contributed by atoms with Crippen molar-refractivity contribution < 1.29 is 9.53 Å². The maximum Gasteiger partial charge on any atom is 0.254 e. The Bertz CT molecular complexity index is 552.